The highest BCUT2D eigenvalue weighted by molar-refractivity contribution is 7.47. The normalized spacial score (nSPS) is 20.1. The number of rotatable bonds is 42. The molecule has 1 rings (SSSR count). The molecule has 1 aliphatic carbocycles. The van der Waals surface area contributed by atoms with Crippen LogP contribution in [0.3, 0.4) is 0 Å². The molecule has 0 saturated heterocycles. The molecule has 0 bridgehead atoms. The van der Waals surface area contributed by atoms with E-state index < -0.39 is 50.8 Å². The van der Waals surface area contributed by atoms with Crippen LogP contribution in [0.1, 0.15) is 200 Å². The number of aliphatic hydroxyl groups is 3. The number of hydrogen-bond donors (Lipinski definition) is 4. The van der Waals surface area contributed by atoms with Crippen LogP contribution in [0, 0.1) is 11.8 Å². The summed E-state index contributed by atoms with van der Waals surface area (Å²) in [6.07, 6.45) is 34.3. The maximum Gasteiger partial charge on any atom is 0.472 e. The topological polar surface area (TPSA) is 169 Å². The number of quaternary nitrogens is 1. The molecule has 63 heavy (non-hydrogen) atoms. The van der Waals surface area contributed by atoms with Crippen LogP contribution in [0.2, 0.25) is 0 Å². The van der Waals surface area contributed by atoms with Crippen molar-refractivity contribution in [1.82, 2.24) is 0 Å². The highest BCUT2D eigenvalue weighted by Gasteiger charge is 2.39. The van der Waals surface area contributed by atoms with E-state index in [1.807, 2.05) is 27.2 Å². The Morgan fingerprint density at radius 3 is 1.79 bits per heavy atom. The molecular weight excluding hydrogens is 822 g/mol. The fourth-order valence-electron chi connectivity index (χ4n) is 8.05. The molecule has 1 aliphatic rings. The lowest BCUT2D eigenvalue weighted by Gasteiger charge is -2.24. The third-order valence-corrected chi connectivity index (χ3v) is 13.0. The molecule has 12 nitrogen and oxygen atoms in total. The first-order chi connectivity index (χ1) is 30.2. The summed E-state index contributed by atoms with van der Waals surface area (Å²) in [6.45, 7) is 4.09. The highest BCUT2D eigenvalue weighted by Crippen LogP contribution is 2.43. The van der Waals surface area contributed by atoms with Crippen molar-refractivity contribution in [2.24, 2.45) is 11.8 Å². The number of aliphatic hydroxyl groups excluding tert-OH is 3. The van der Waals surface area contributed by atoms with Crippen molar-refractivity contribution < 1.29 is 57.4 Å². The first kappa shape index (κ1) is 59.4. The number of nitrogens with zero attached hydrogens (tertiary/aromatic N) is 1. The minimum absolute atomic E-state index is 0.00608. The van der Waals surface area contributed by atoms with Gasteiger partial charge < -0.3 is 34.2 Å². The van der Waals surface area contributed by atoms with Gasteiger partial charge in [0.25, 0.3) is 0 Å². The predicted molar refractivity (Wildman–Crippen MR) is 254 cm³/mol. The Balaban J connectivity index is 2.39. The van der Waals surface area contributed by atoms with E-state index in [0.717, 1.165) is 64.2 Å². The molecule has 0 aromatic rings. The van der Waals surface area contributed by atoms with Crippen LogP contribution >= 0.6 is 7.82 Å². The zero-order chi connectivity index (χ0) is 46.6. The summed E-state index contributed by atoms with van der Waals surface area (Å²) in [5, 5.41) is 31.5. The number of likely N-dealkylation sites (N-methyl/N-ethyl adjacent to an activating group) is 1. The second-order valence-electron chi connectivity index (χ2n) is 19.2. The fraction of sp³-hybridized carbons (Fsp3) is 0.880. The molecule has 0 aliphatic heterocycles. The first-order valence-corrected chi connectivity index (χ1v) is 26.8. The number of carbonyl (C=O) groups excluding carboxylic acids is 2. The maximum atomic E-state index is 12.9. The van der Waals surface area contributed by atoms with Crippen LogP contribution in [0.15, 0.2) is 24.3 Å². The maximum absolute atomic E-state index is 12.9. The summed E-state index contributed by atoms with van der Waals surface area (Å²) in [5.41, 5.74) is 0. The summed E-state index contributed by atoms with van der Waals surface area (Å²) in [5.74, 6) is -1.22. The molecule has 4 N–H and O–H groups in total. The van der Waals surface area contributed by atoms with Crippen molar-refractivity contribution in [2.45, 2.75) is 224 Å². The average molecular weight is 917 g/mol. The van der Waals surface area contributed by atoms with Crippen LogP contribution in [0.5, 0.6) is 0 Å². The monoisotopic (exact) mass is 917 g/mol. The highest BCUT2D eigenvalue weighted by atomic mass is 31.2. The first-order valence-electron chi connectivity index (χ1n) is 25.3. The second kappa shape index (κ2) is 37.5. The molecule has 0 spiro atoms. The Kier molecular flexibility index (Phi) is 35.3. The van der Waals surface area contributed by atoms with Gasteiger partial charge in [0.15, 0.2) is 6.10 Å². The Morgan fingerprint density at radius 2 is 1.21 bits per heavy atom. The van der Waals surface area contributed by atoms with Crippen LogP contribution in [0.25, 0.3) is 0 Å². The molecule has 0 radical (unpaired) electrons. The number of allylic oxidation sites excluding steroid dienone is 2. The Hall–Kier alpha value is -1.63. The van der Waals surface area contributed by atoms with Gasteiger partial charge in [0.2, 0.25) is 0 Å². The molecular formula is C50H95NO11P+. The van der Waals surface area contributed by atoms with Crippen molar-refractivity contribution in [1.29, 1.82) is 0 Å². The quantitative estimate of drug-likeness (QED) is 0.0151. The number of hydrogen-bond acceptors (Lipinski definition) is 10. The predicted octanol–water partition coefficient (Wildman–Crippen LogP) is 11.1. The van der Waals surface area contributed by atoms with Crippen molar-refractivity contribution in [3.05, 3.63) is 24.3 Å². The van der Waals surface area contributed by atoms with Crippen LogP contribution in [-0.4, -0.2) is 109 Å². The summed E-state index contributed by atoms with van der Waals surface area (Å²) < 4.78 is 34.4. The standard InChI is InChI=1S/C50H94NO11P/c1-6-8-10-11-12-13-14-15-16-17-18-19-20-21-22-23-24-25-30-34-49(55)59-41-44(42-61-63(57,58)60-39-38-51(3,4)5)62-50(56)35-31-27-26-29-33-45-46(48(54)40-47(45)53)37-36-43(52)32-28-9-7-2/h15-16,36-37,43-48,52-54H,6-14,17-35,38-42H2,1-5H3/p+1/b16-15-,37-36+/t43-,44+,45+,46+,47-,48+/m0/s1. The third-order valence-electron chi connectivity index (χ3n) is 12.1. The number of esters is 2. The van der Waals surface area contributed by atoms with Gasteiger partial charge in [0.05, 0.1) is 46.1 Å². The van der Waals surface area contributed by atoms with Gasteiger partial charge in [-0.05, 0) is 57.3 Å². The van der Waals surface area contributed by atoms with Crippen molar-refractivity contribution in [2.75, 3.05) is 47.5 Å². The fourth-order valence-corrected chi connectivity index (χ4v) is 8.79. The van der Waals surface area contributed by atoms with Crippen molar-refractivity contribution in [3.63, 3.8) is 0 Å². The number of phosphoric acid groups is 1. The van der Waals surface area contributed by atoms with Gasteiger partial charge in [-0.1, -0.05) is 154 Å². The van der Waals surface area contributed by atoms with Gasteiger partial charge in [0.1, 0.15) is 19.8 Å². The van der Waals surface area contributed by atoms with Gasteiger partial charge >= 0.3 is 19.8 Å². The minimum atomic E-state index is -4.44. The third kappa shape index (κ3) is 34.4. The summed E-state index contributed by atoms with van der Waals surface area (Å²) >= 11 is 0. The summed E-state index contributed by atoms with van der Waals surface area (Å²) in [6, 6.07) is 0. The molecule has 1 fully saturated rings. The van der Waals surface area contributed by atoms with Crippen LogP contribution in [-0.2, 0) is 32.7 Å². The van der Waals surface area contributed by atoms with Crippen LogP contribution in [0.4, 0.5) is 0 Å². The van der Waals surface area contributed by atoms with Crippen molar-refractivity contribution in [3.8, 4) is 0 Å². The van der Waals surface area contributed by atoms with Gasteiger partial charge in [0, 0.05) is 25.2 Å². The molecule has 0 heterocycles. The molecule has 370 valence electrons. The zero-order valence-corrected chi connectivity index (χ0v) is 41.5. The minimum Gasteiger partial charge on any atom is -0.462 e. The lowest BCUT2D eigenvalue weighted by Crippen LogP contribution is -2.37. The molecule has 7 atom stereocenters. The van der Waals surface area contributed by atoms with E-state index in [1.165, 1.54) is 83.5 Å². The zero-order valence-electron chi connectivity index (χ0n) is 40.6. The summed E-state index contributed by atoms with van der Waals surface area (Å²) in [4.78, 5) is 35.7. The van der Waals surface area contributed by atoms with Gasteiger partial charge in [-0.2, -0.15) is 0 Å². The molecule has 1 saturated carbocycles. The lowest BCUT2D eigenvalue weighted by molar-refractivity contribution is -0.870. The second-order valence-corrected chi connectivity index (χ2v) is 20.6. The van der Waals surface area contributed by atoms with E-state index in [4.69, 9.17) is 18.5 Å². The number of carbonyl (C=O) groups is 2. The van der Waals surface area contributed by atoms with E-state index in [0.29, 0.717) is 36.7 Å². The average Bonchev–Trinajstić information content (AvgIpc) is 3.50. The van der Waals surface area contributed by atoms with Crippen molar-refractivity contribution >= 4 is 19.8 Å². The van der Waals surface area contributed by atoms with E-state index in [9.17, 15) is 34.4 Å². The molecule has 1 unspecified atom stereocenters. The molecule has 0 amide bonds. The Bertz CT molecular complexity index is 1240. The number of ether oxygens (including phenoxy) is 2. The molecule has 13 heteroatoms. The molecule has 0 aromatic carbocycles. The van der Waals surface area contributed by atoms with Gasteiger partial charge in [-0.3, -0.25) is 18.6 Å². The van der Waals surface area contributed by atoms with Crippen LogP contribution < -0.4 is 0 Å². The van der Waals surface area contributed by atoms with E-state index in [1.54, 1.807) is 6.08 Å². The number of phosphoric ester groups is 1. The SMILES string of the molecule is CCCCCCCC/C=C\CCCCCCCCCCCC(=O)OC[C@H](COP(=O)(O)OCC[N+](C)(C)C)OC(=O)CCCCCC[C@@H]1[C@@H](/C=C/[C@@H](O)CCCCC)[C@H](O)C[C@@H]1O. The van der Waals surface area contributed by atoms with Gasteiger partial charge in [-0.15, -0.1) is 0 Å². The van der Waals surface area contributed by atoms with E-state index >= 15 is 0 Å². The Morgan fingerprint density at radius 1 is 0.683 bits per heavy atom. The van der Waals surface area contributed by atoms with E-state index in [-0.39, 0.29) is 37.9 Å². The lowest BCUT2D eigenvalue weighted by atomic mass is 9.88. The molecule has 0 aromatic heterocycles. The number of unbranched alkanes of at least 4 members (excludes halogenated alkanes) is 20. The Labute approximate surface area is 384 Å². The van der Waals surface area contributed by atoms with Gasteiger partial charge in [-0.25, -0.2) is 4.57 Å². The summed E-state index contributed by atoms with van der Waals surface area (Å²) in [7, 11) is 1.35. The smallest absolute Gasteiger partial charge is 0.462 e. The largest absolute Gasteiger partial charge is 0.472 e. The van der Waals surface area contributed by atoms with E-state index in [2.05, 4.69) is 26.0 Å².